The Morgan fingerprint density at radius 2 is 2.62 bits per heavy atom. The van der Waals surface area contributed by atoms with Gasteiger partial charge in [-0.05, 0) is 6.42 Å². The van der Waals surface area contributed by atoms with Crippen LogP contribution in [-0.4, -0.2) is 23.4 Å². The van der Waals surface area contributed by atoms with E-state index in [1.165, 1.54) is 7.05 Å². The van der Waals surface area contributed by atoms with Crippen LogP contribution in [0.4, 0.5) is 4.79 Å². The zero-order valence-electron chi connectivity index (χ0n) is 7.19. The van der Waals surface area contributed by atoms with Crippen molar-refractivity contribution >= 4 is 22.9 Å². The van der Waals surface area contributed by atoms with Crippen LogP contribution < -0.4 is 5.32 Å². The van der Waals surface area contributed by atoms with Crippen molar-refractivity contribution in [1.82, 2.24) is 5.32 Å². The Morgan fingerprint density at radius 1 is 1.77 bits per heavy atom. The number of rotatable bonds is 1. The van der Waals surface area contributed by atoms with Crippen LogP contribution in [-0.2, 0) is 4.84 Å². The van der Waals surface area contributed by atoms with Crippen LogP contribution >= 0.6 is 11.8 Å². The van der Waals surface area contributed by atoms with Crippen molar-refractivity contribution < 1.29 is 9.63 Å². The van der Waals surface area contributed by atoms with Crippen molar-refractivity contribution in [2.45, 2.75) is 11.7 Å². The van der Waals surface area contributed by atoms with E-state index in [0.717, 1.165) is 11.5 Å². The van der Waals surface area contributed by atoms with Gasteiger partial charge in [0.05, 0.1) is 0 Å². The second-order valence-electron chi connectivity index (χ2n) is 2.94. The molecule has 2 rings (SSSR count). The maximum atomic E-state index is 10.7. The molecule has 1 saturated heterocycles. The average molecular weight is 198 g/mol. The quantitative estimate of drug-likeness (QED) is 0.393. The Morgan fingerprint density at radius 3 is 3.15 bits per heavy atom. The van der Waals surface area contributed by atoms with E-state index in [-0.39, 0.29) is 0 Å². The molecule has 13 heavy (non-hydrogen) atoms. The number of fused-ring (bicyclic) bond motifs is 2. The van der Waals surface area contributed by atoms with Gasteiger partial charge in [0.2, 0.25) is 0 Å². The number of nitrogens with zero attached hydrogens (tertiary/aromatic N) is 1. The average Bonchev–Trinajstić information content (AvgIpc) is 2.74. The summed E-state index contributed by atoms with van der Waals surface area (Å²) in [6.07, 6.45) is 4.88. The molecule has 0 aromatic rings. The highest BCUT2D eigenvalue weighted by Crippen LogP contribution is 2.40. The normalized spacial score (nSPS) is 32.5. The van der Waals surface area contributed by atoms with Crippen LogP contribution in [0.1, 0.15) is 6.42 Å². The molecule has 1 N–H and O–H groups in total. The van der Waals surface area contributed by atoms with E-state index >= 15 is 0 Å². The summed E-state index contributed by atoms with van der Waals surface area (Å²) >= 11 is 1.67. The lowest BCUT2D eigenvalue weighted by molar-refractivity contribution is 0.153. The molecule has 2 aliphatic rings. The summed E-state index contributed by atoms with van der Waals surface area (Å²) in [5.41, 5.74) is 0. The summed E-state index contributed by atoms with van der Waals surface area (Å²) in [7, 11) is 1.51. The van der Waals surface area contributed by atoms with Gasteiger partial charge in [-0.3, -0.25) is 4.84 Å². The van der Waals surface area contributed by atoms with Crippen molar-refractivity contribution in [2.75, 3.05) is 7.05 Å². The van der Waals surface area contributed by atoms with E-state index in [2.05, 4.69) is 27.5 Å². The van der Waals surface area contributed by atoms with Gasteiger partial charge in [-0.25, -0.2) is 4.79 Å². The zero-order valence-corrected chi connectivity index (χ0v) is 8.00. The van der Waals surface area contributed by atoms with Gasteiger partial charge < -0.3 is 5.32 Å². The van der Waals surface area contributed by atoms with Crippen LogP contribution in [0.5, 0.6) is 0 Å². The number of carbonyl (C=O) groups excluding carboxylic acids is 1. The molecule has 2 atom stereocenters. The summed E-state index contributed by atoms with van der Waals surface area (Å²) in [6.45, 7) is 0. The third kappa shape index (κ3) is 1.70. The highest BCUT2D eigenvalue weighted by Gasteiger charge is 2.33. The number of thioether (sulfide) groups is 1. The lowest BCUT2D eigenvalue weighted by atomic mass is 10.1. The van der Waals surface area contributed by atoms with Crippen molar-refractivity contribution in [3.05, 3.63) is 12.2 Å². The van der Waals surface area contributed by atoms with Gasteiger partial charge >= 0.3 is 6.09 Å². The lowest BCUT2D eigenvalue weighted by Crippen LogP contribution is -2.17. The van der Waals surface area contributed by atoms with Crippen LogP contribution in [0, 0.1) is 5.92 Å². The molecule has 0 aromatic heterocycles. The highest BCUT2D eigenvalue weighted by atomic mass is 32.2. The lowest BCUT2D eigenvalue weighted by Gasteiger charge is -2.04. The van der Waals surface area contributed by atoms with Gasteiger partial charge in [0.1, 0.15) is 5.04 Å². The standard InChI is InChI=1S/C8H10N2O2S/c1-9-8(11)12-10-7-5-2-3-6(4-5)13-7/h2-3,5-6H,4H2,1H3,(H,9,11). The molecule has 0 radical (unpaired) electrons. The number of hydrogen-bond donors (Lipinski definition) is 1. The van der Waals surface area contributed by atoms with E-state index in [1.807, 2.05) is 0 Å². The summed E-state index contributed by atoms with van der Waals surface area (Å²) in [4.78, 5) is 15.3. The molecule has 0 spiro atoms. The summed E-state index contributed by atoms with van der Waals surface area (Å²) < 4.78 is 0. The number of amides is 1. The molecular weight excluding hydrogens is 188 g/mol. The molecule has 1 fully saturated rings. The first kappa shape index (κ1) is 8.62. The molecule has 0 saturated carbocycles. The van der Waals surface area contributed by atoms with Gasteiger partial charge in [-0.1, -0.05) is 29.1 Å². The van der Waals surface area contributed by atoms with Crippen molar-refractivity contribution in [2.24, 2.45) is 11.1 Å². The topological polar surface area (TPSA) is 50.7 Å². The highest BCUT2D eigenvalue weighted by molar-refractivity contribution is 8.15. The molecule has 2 bridgehead atoms. The number of allylic oxidation sites excluding steroid dienone is 1. The van der Waals surface area contributed by atoms with Crippen LogP contribution in [0.2, 0.25) is 0 Å². The Hall–Kier alpha value is -0.970. The molecule has 70 valence electrons. The largest absolute Gasteiger partial charge is 0.433 e. The minimum Gasteiger partial charge on any atom is -0.323 e. The second-order valence-corrected chi connectivity index (χ2v) is 4.20. The Labute approximate surface area is 80.4 Å². The number of carbonyl (C=O) groups is 1. The maximum absolute atomic E-state index is 10.7. The van der Waals surface area contributed by atoms with Crippen LogP contribution in [0.3, 0.4) is 0 Å². The van der Waals surface area contributed by atoms with E-state index < -0.39 is 6.09 Å². The van der Waals surface area contributed by atoms with Crippen molar-refractivity contribution in [3.8, 4) is 0 Å². The van der Waals surface area contributed by atoms with E-state index in [9.17, 15) is 4.79 Å². The fourth-order valence-electron chi connectivity index (χ4n) is 1.40. The predicted molar refractivity (Wildman–Crippen MR) is 51.6 cm³/mol. The summed E-state index contributed by atoms with van der Waals surface area (Å²) in [6, 6.07) is 0. The first-order valence-electron chi connectivity index (χ1n) is 4.11. The Kier molecular flexibility index (Phi) is 2.26. The minimum atomic E-state index is -0.514. The molecule has 2 unspecified atom stereocenters. The van der Waals surface area contributed by atoms with Crippen LogP contribution in [0.15, 0.2) is 17.3 Å². The molecule has 1 aliphatic heterocycles. The SMILES string of the molecule is CNC(=O)ON=C1SC2C=CC1C2. The zero-order chi connectivity index (χ0) is 9.26. The minimum absolute atomic E-state index is 0.375. The summed E-state index contributed by atoms with van der Waals surface area (Å²) in [5.74, 6) is 0.375. The van der Waals surface area contributed by atoms with E-state index in [1.54, 1.807) is 11.8 Å². The first-order chi connectivity index (χ1) is 6.29. The monoisotopic (exact) mass is 198 g/mol. The van der Waals surface area contributed by atoms with Gasteiger partial charge in [0.25, 0.3) is 0 Å². The summed E-state index contributed by atoms with van der Waals surface area (Å²) in [5, 5.41) is 7.58. The molecule has 4 nitrogen and oxygen atoms in total. The fourth-order valence-corrected chi connectivity index (χ4v) is 2.61. The van der Waals surface area contributed by atoms with Gasteiger partial charge in [-0.15, -0.1) is 0 Å². The van der Waals surface area contributed by atoms with Gasteiger partial charge in [0, 0.05) is 18.2 Å². The Balaban J connectivity index is 1.95. The van der Waals surface area contributed by atoms with Crippen molar-refractivity contribution in [3.63, 3.8) is 0 Å². The third-order valence-corrected chi connectivity index (χ3v) is 3.33. The van der Waals surface area contributed by atoms with Crippen molar-refractivity contribution in [1.29, 1.82) is 0 Å². The van der Waals surface area contributed by atoms with E-state index in [4.69, 9.17) is 0 Å². The molecule has 1 aliphatic carbocycles. The smallest absolute Gasteiger partial charge is 0.323 e. The molecule has 0 aromatic carbocycles. The second kappa shape index (κ2) is 3.41. The molecule has 1 amide bonds. The third-order valence-electron chi connectivity index (χ3n) is 2.06. The Bertz CT molecular complexity index is 288. The van der Waals surface area contributed by atoms with Gasteiger partial charge in [-0.2, -0.15) is 0 Å². The maximum Gasteiger partial charge on any atom is 0.433 e. The molecule has 5 heteroatoms. The molecule has 1 heterocycles. The van der Waals surface area contributed by atoms with E-state index in [0.29, 0.717) is 11.2 Å². The van der Waals surface area contributed by atoms with Crippen LogP contribution in [0.25, 0.3) is 0 Å². The predicted octanol–water partition coefficient (Wildman–Crippen LogP) is 1.35. The first-order valence-corrected chi connectivity index (χ1v) is 4.99. The van der Waals surface area contributed by atoms with Gasteiger partial charge in [0.15, 0.2) is 0 Å². The number of oxime groups is 1. The fraction of sp³-hybridized carbons (Fsp3) is 0.500. The molecular formula is C8H10N2O2S. The number of hydrogen-bond acceptors (Lipinski definition) is 4. The number of nitrogens with one attached hydrogen (secondary N) is 1.